The Kier molecular flexibility index (Phi) is 11.1. The Morgan fingerprint density at radius 2 is 1.61 bits per heavy atom. The van der Waals surface area contributed by atoms with Crippen molar-refractivity contribution in [3.8, 4) is 45.8 Å². The Balaban J connectivity index is 1.34. The van der Waals surface area contributed by atoms with E-state index in [9.17, 15) is 13.2 Å². The molecule has 4 aromatic rings. The monoisotopic (exact) mass is 780 g/mol. The molecule has 1 aliphatic rings. The van der Waals surface area contributed by atoms with E-state index in [4.69, 9.17) is 41.8 Å². The summed E-state index contributed by atoms with van der Waals surface area (Å²) in [4.78, 5) is 13.9. The summed E-state index contributed by atoms with van der Waals surface area (Å²) in [7, 11) is 3.17. The number of ether oxygens (including phenoxy) is 7. The Bertz CT molecular complexity index is 2030. The number of methoxy groups -OCH3 is 5. The lowest BCUT2D eigenvalue weighted by molar-refractivity contribution is -0.109. The molecule has 1 aliphatic heterocycles. The number of nitrogens with one attached hydrogen (secondary N) is 1. The van der Waals surface area contributed by atoms with Crippen LogP contribution in [0.3, 0.4) is 0 Å². The Morgan fingerprint density at radius 3 is 2.24 bits per heavy atom. The fraction of sp³-hybridized carbons (Fsp3) is 0.312. The van der Waals surface area contributed by atoms with Gasteiger partial charge in [-0.25, -0.2) is 5.43 Å². The van der Waals surface area contributed by atoms with Gasteiger partial charge in [0.2, 0.25) is 16.9 Å². The van der Waals surface area contributed by atoms with Crippen LogP contribution in [0.5, 0.6) is 34.5 Å². The van der Waals surface area contributed by atoms with E-state index in [1.54, 1.807) is 42.5 Å². The average Bonchev–Trinajstić information content (AvgIpc) is 3.46. The van der Waals surface area contributed by atoms with E-state index in [2.05, 4.69) is 26.5 Å². The maximum Gasteiger partial charge on any atom is 0.321 e. The number of nitrogens with zero attached hydrogens (tertiary/aromatic N) is 1. The minimum absolute atomic E-state index is 0.0549. The van der Waals surface area contributed by atoms with Gasteiger partial charge in [0.1, 0.15) is 27.4 Å². The fourth-order valence-electron chi connectivity index (χ4n) is 4.81. The molecular formula is C32H33BrN2O12S2. The van der Waals surface area contributed by atoms with Gasteiger partial charge in [0.05, 0.1) is 42.2 Å². The summed E-state index contributed by atoms with van der Waals surface area (Å²) < 4.78 is 76.8. The molecule has 17 heteroatoms. The van der Waals surface area contributed by atoms with Crippen LogP contribution in [0.15, 0.2) is 72.2 Å². The number of rotatable bonds is 14. The van der Waals surface area contributed by atoms with E-state index >= 15 is 0 Å². The lowest BCUT2D eigenvalue weighted by Crippen LogP contribution is -2.42. The molecule has 14 nitrogen and oxygen atoms in total. The summed E-state index contributed by atoms with van der Waals surface area (Å²) in [6.07, 6.45) is 0.422. The summed E-state index contributed by atoms with van der Waals surface area (Å²) in [6.45, 7) is 1.49. The molecule has 0 spiro atoms. The Labute approximate surface area is 294 Å². The van der Waals surface area contributed by atoms with E-state index in [0.717, 1.165) is 0 Å². The van der Waals surface area contributed by atoms with Gasteiger partial charge in [-0.3, -0.25) is 4.79 Å². The minimum atomic E-state index is -4.20. The maximum absolute atomic E-state index is 14.0. The normalized spacial score (nSPS) is 15.6. The zero-order valence-corrected chi connectivity index (χ0v) is 30.5. The first-order chi connectivity index (χ1) is 23.5. The number of benzene rings is 3. The topological polar surface area (TPSA) is 163 Å². The number of hydrazone groups is 1. The Morgan fingerprint density at radius 1 is 0.918 bits per heavy atom. The lowest BCUT2D eigenvalue weighted by atomic mass is 10.1. The highest BCUT2D eigenvalue weighted by molar-refractivity contribution is 9.10. The van der Waals surface area contributed by atoms with Crippen molar-refractivity contribution in [2.45, 2.75) is 24.2 Å². The fourth-order valence-corrected chi connectivity index (χ4v) is 7.58. The van der Waals surface area contributed by atoms with Crippen molar-refractivity contribution >= 4 is 54.0 Å². The van der Waals surface area contributed by atoms with Crippen molar-refractivity contribution in [1.82, 2.24) is 5.43 Å². The van der Waals surface area contributed by atoms with Crippen LogP contribution in [0.25, 0.3) is 22.3 Å². The first-order valence-corrected chi connectivity index (χ1v) is 17.7. The number of hydrogen-bond donors (Lipinski definition) is 1. The van der Waals surface area contributed by atoms with Crippen LogP contribution in [0.4, 0.5) is 0 Å². The molecule has 1 aromatic heterocycles. The second kappa shape index (κ2) is 15.1. The molecule has 1 unspecified atom stereocenters. The second-order valence-corrected chi connectivity index (χ2v) is 13.7. The van der Waals surface area contributed by atoms with Crippen molar-refractivity contribution in [3.05, 3.63) is 63.2 Å². The van der Waals surface area contributed by atoms with Crippen molar-refractivity contribution in [3.63, 3.8) is 0 Å². The highest BCUT2D eigenvalue weighted by atomic mass is 79.9. The van der Waals surface area contributed by atoms with E-state index in [1.807, 2.05) is 0 Å². The third-order valence-corrected chi connectivity index (χ3v) is 10.3. The smallest absolute Gasteiger partial charge is 0.321 e. The third kappa shape index (κ3) is 7.64. The molecule has 0 bridgehead atoms. The van der Waals surface area contributed by atoms with Gasteiger partial charge in [0.15, 0.2) is 17.3 Å². The van der Waals surface area contributed by atoms with E-state index in [1.165, 1.54) is 60.3 Å². The molecular weight excluding hydrogens is 748 g/mol. The summed E-state index contributed by atoms with van der Waals surface area (Å²) in [5.41, 5.74) is 2.75. The molecule has 0 saturated heterocycles. The van der Waals surface area contributed by atoms with Crippen LogP contribution in [-0.4, -0.2) is 67.5 Å². The van der Waals surface area contributed by atoms with Gasteiger partial charge < -0.3 is 37.6 Å². The second-order valence-electron chi connectivity index (χ2n) is 10.3. The van der Waals surface area contributed by atoms with Crippen molar-refractivity contribution in [1.29, 1.82) is 0 Å². The predicted octanol–water partition coefficient (Wildman–Crippen LogP) is 5.74. The molecule has 3 aromatic carbocycles. The van der Waals surface area contributed by atoms with Crippen molar-refractivity contribution in [2.75, 3.05) is 47.9 Å². The highest BCUT2D eigenvalue weighted by Crippen LogP contribution is 2.44. The third-order valence-electron chi connectivity index (χ3n) is 7.04. The standard InChI is InChI=1S/C32H33BrN2O12S2/c1-32(47-49(37,38)25-11-8-7-10-20(25)33)35-34-31(46-32)48-13-9-12-44-30-27(36)26-21(40-3)16-19(39-2)17-22(26)45-28(30)18-14-23(41-4)29(43-6)24(15-18)42-5/h7-8,10-11,14-17,35H,9,12-13H2,1-6H3. The summed E-state index contributed by atoms with van der Waals surface area (Å²) in [5, 5.41) is 4.40. The van der Waals surface area contributed by atoms with Gasteiger partial charge in [-0.1, -0.05) is 23.9 Å². The molecule has 0 radical (unpaired) electrons. The quantitative estimate of drug-likeness (QED) is 0.122. The summed E-state index contributed by atoms with van der Waals surface area (Å²) in [6, 6.07) is 12.7. The van der Waals surface area contributed by atoms with Gasteiger partial charge in [0.25, 0.3) is 5.23 Å². The SMILES string of the molecule is COc1cc(OC)c2c(=O)c(OCCCSC3=NNC(C)(OS(=O)(=O)c4ccccc4Br)O3)c(-c3cc(OC)c(OC)c(OC)c3)oc2c1. The van der Waals surface area contributed by atoms with Gasteiger partial charge in [-0.15, -0.1) is 5.10 Å². The van der Waals surface area contributed by atoms with E-state index < -0.39 is 21.5 Å². The van der Waals surface area contributed by atoms with Crippen LogP contribution in [0, 0.1) is 0 Å². The number of fused-ring (bicyclic) bond motifs is 1. The largest absolute Gasteiger partial charge is 0.496 e. The molecule has 1 atom stereocenters. The summed E-state index contributed by atoms with van der Waals surface area (Å²) in [5.74, 6) is 0.436. The number of halogens is 1. The van der Waals surface area contributed by atoms with Gasteiger partial charge in [-0.05, 0) is 46.6 Å². The number of thioether (sulfide) groups is 1. The molecule has 0 amide bonds. The molecule has 262 valence electrons. The molecule has 2 heterocycles. The van der Waals surface area contributed by atoms with Crippen LogP contribution in [-0.2, 0) is 19.0 Å². The van der Waals surface area contributed by atoms with Crippen molar-refractivity contribution in [2.24, 2.45) is 5.10 Å². The van der Waals surface area contributed by atoms with Crippen LogP contribution in [0.2, 0.25) is 0 Å². The zero-order chi connectivity index (χ0) is 35.3. The summed E-state index contributed by atoms with van der Waals surface area (Å²) >= 11 is 4.42. The average molecular weight is 782 g/mol. The highest BCUT2D eigenvalue weighted by Gasteiger charge is 2.40. The Hall–Kier alpha value is -4.32. The molecule has 0 saturated carbocycles. The van der Waals surface area contributed by atoms with Crippen LogP contribution in [0.1, 0.15) is 13.3 Å². The van der Waals surface area contributed by atoms with Crippen molar-refractivity contribution < 1.29 is 50.2 Å². The predicted molar refractivity (Wildman–Crippen MR) is 186 cm³/mol. The van der Waals surface area contributed by atoms with Gasteiger partial charge in [-0.2, -0.15) is 12.6 Å². The lowest BCUT2D eigenvalue weighted by Gasteiger charge is -2.22. The first-order valence-electron chi connectivity index (χ1n) is 14.5. The van der Waals surface area contributed by atoms with Crippen LogP contribution >= 0.6 is 27.7 Å². The zero-order valence-electron chi connectivity index (χ0n) is 27.3. The van der Waals surface area contributed by atoms with E-state index in [0.29, 0.717) is 45.2 Å². The first kappa shape index (κ1) is 36.0. The maximum atomic E-state index is 14.0. The van der Waals surface area contributed by atoms with E-state index in [-0.39, 0.29) is 45.0 Å². The van der Waals surface area contributed by atoms with Gasteiger partial charge >= 0.3 is 16.0 Å². The molecule has 5 rings (SSSR count). The molecule has 0 fully saturated rings. The van der Waals surface area contributed by atoms with Crippen LogP contribution < -0.4 is 39.3 Å². The molecule has 0 aliphatic carbocycles. The minimum Gasteiger partial charge on any atom is -0.496 e. The number of hydrogen-bond acceptors (Lipinski definition) is 15. The van der Waals surface area contributed by atoms with Gasteiger partial charge in [0, 0.05) is 34.8 Å². The molecule has 49 heavy (non-hydrogen) atoms. The molecule has 1 N–H and O–H groups in total.